The second-order valence-electron chi connectivity index (χ2n) is 4.15. The van der Waals surface area contributed by atoms with E-state index < -0.39 is 11.5 Å². The van der Waals surface area contributed by atoms with E-state index in [1.807, 2.05) is 0 Å². The van der Waals surface area contributed by atoms with Gasteiger partial charge in [0.05, 0.1) is 0 Å². The van der Waals surface area contributed by atoms with Gasteiger partial charge >= 0.3 is 0 Å². The fourth-order valence-electron chi connectivity index (χ4n) is 2.23. The number of hydrogen-bond donors (Lipinski definition) is 3. The maximum Gasteiger partial charge on any atom is 0.266 e. The molecule has 1 aromatic heterocycles. The number of hydrogen-bond acceptors (Lipinski definition) is 4. The van der Waals surface area contributed by atoms with Crippen molar-refractivity contribution in [2.75, 3.05) is 11.1 Å². The number of anilines is 2. The van der Waals surface area contributed by atoms with Crippen LogP contribution in [-0.4, -0.2) is 16.0 Å². The molecule has 5 heteroatoms. The highest BCUT2D eigenvalue weighted by atomic mass is 16.3. The Kier molecular flexibility index (Phi) is 2.11. The average molecular weight is 241 g/mol. The van der Waals surface area contributed by atoms with Crippen LogP contribution in [0, 0.1) is 0 Å². The quantitative estimate of drug-likeness (QED) is 0.690. The van der Waals surface area contributed by atoms with E-state index in [0.717, 1.165) is 0 Å². The van der Waals surface area contributed by atoms with Crippen molar-refractivity contribution in [1.82, 2.24) is 4.98 Å². The summed E-state index contributed by atoms with van der Waals surface area (Å²) in [6, 6.07) is 10.2. The number of carbonyl (C=O) groups is 1. The topological polar surface area (TPSA) is 88.2 Å². The highest BCUT2D eigenvalue weighted by Gasteiger charge is 2.47. The zero-order valence-corrected chi connectivity index (χ0v) is 9.42. The van der Waals surface area contributed by atoms with Gasteiger partial charge in [0.15, 0.2) is 5.60 Å². The molecule has 1 amide bonds. The summed E-state index contributed by atoms with van der Waals surface area (Å²) in [7, 11) is 0. The largest absolute Gasteiger partial charge is 0.383 e. The Morgan fingerprint density at radius 3 is 2.67 bits per heavy atom. The van der Waals surface area contributed by atoms with E-state index in [1.165, 1.54) is 6.20 Å². The van der Waals surface area contributed by atoms with Crippen LogP contribution in [0.25, 0.3) is 0 Å². The van der Waals surface area contributed by atoms with Crippen molar-refractivity contribution in [3.63, 3.8) is 0 Å². The van der Waals surface area contributed by atoms with Crippen LogP contribution in [0.1, 0.15) is 11.1 Å². The number of aromatic nitrogens is 1. The predicted molar refractivity (Wildman–Crippen MR) is 66.7 cm³/mol. The molecule has 0 saturated heterocycles. The van der Waals surface area contributed by atoms with Crippen LogP contribution in [-0.2, 0) is 10.4 Å². The molecule has 0 aliphatic carbocycles. The first-order chi connectivity index (χ1) is 8.64. The lowest BCUT2D eigenvalue weighted by atomic mass is 9.88. The van der Waals surface area contributed by atoms with Crippen molar-refractivity contribution >= 4 is 17.4 Å². The first-order valence-corrected chi connectivity index (χ1v) is 5.48. The SMILES string of the molecule is Nc1ncccc1C1(O)C(=O)Nc2ccccc21. The Bertz CT molecular complexity index is 642. The average Bonchev–Trinajstić information content (AvgIpc) is 2.63. The first-order valence-electron chi connectivity index (χ1n) is 5.48. The number of benzene rings is 1. The number of nitrogen functional groups attached to an aromatic ring is 1. The number of para-hydroxylation sites is 1. The van der Waals surface area contributed by atoms with E-state index >= 15 is 0 Å². The molecule has 4 N–H and O–H groups in total. The minimum atomic E-state index is -1.77. The number of amides is 1. The molecule has 0 saturated carbocycles. The van der Waals surface area contributed by atoms with E-state index in [4.69, 9.17) is 5.73 Å². The van der Waals surface area contributed by atoms with Gasteiger partial charge in [-0.1, -0.05) is 24.3 Å². The molecule has 0 spiro atoms. The molecule has 1 aromatic carbocycles. The minimum Gasteiger partial charge on any atom is -0.383 e. The smallest absolute Gasteiger partial charge is 0.266 e. The van der Waals surface area contributed by atoms with E-state index in [2.05, 4.69) is 10.3 Å². The number of aliphatic hydroxyl groups is 1. The van der Waals surface area contributed by atoms with Gasteiger partial charge in [-0.05, 0) is 12.1 Å². The monoisotopic (exact) mass is 241 g/mol. The second kappa shape index (κ2) is 3.54. The number of nitrogens with one attached hydrogen (secondary N) is 1. The predicted octanol–water partition coefficient (Wildman–Crippen LogP) is 0.852. The summed E-state index contributed by atoms with van der Waals surface area (Å²) >= 11 is 0. The highest BCUT2D eigenvalue weighted by molar-refractivity contribution is 6.07. The normalized spacial score (nSPS) is 21.5. The Morgan fingerprint density at radius 2 is 1.89 bits per heavy atom. The summed E-state index contributed by atoms with van der Waals surface area (Å²) in [5, 5.41) is 13.4. The number of fused-ring (bicyclic) bond motifs is 1. The van der Waals surface area contributed by atoms with Gasteiger partial charge in [0.1, 0.15) is 5.82 Å². The van der Waals surface area contributed by atoms with Gasteiger partial charge in [0.2, 0.25) is 0 Å². The molecule has 3 rings (SSSR count). The molecule has 2 aromatic rings. The number of pyridine rings is 1. The Hall–Kier alpha value is -2.40. The molecule has 1 atom stereocenters. The fourth-order valence-corrected chi connectivity index (χ4v) is 2.23. The maximum absolute atomic E-state index is 12.1. The van der Waals surface area contributed by atoms with Gasteiger partial charge in [-0.2, -0.15) is 0 Å². The van der Waals surface area contributed by atoms with Crippen LogP contribution in [0.4, 0.5) is 11.5 Å². The molecule has 2 heterocycles. The molecule has 0 bridgehead atoms. The van der Waals surface area contributed by atoms with Gasteiger partial charge in [0.25, 0.3) is 5.91 Å². The first kappa shape index (κ1) is 10.7. The number of nitrogens with two attached hydrogens (primary N) is 1. The lowest BCUT2D eigenvalue weighted by Crippen LogP contribution is -2.36. The van der Waals surface area contributed by atoms with E-state index in [-0.39, 0.29) is 5.82 Å². The van der Waals surface area contributed by atoms with Crippen LogP contribution < -0.4 is 11.1 Å². The van der Waals surface area contributed by atoms with Gasteiger partial charge in [0, 0.05) is 23.0 Å². The molecule has 5 nitrogen and oxygen atoms in total. The summed E-state index contributed by atoms with van der Waals surface area (Å²) in [5.41, 5.74) is 5.37. The van der Waals surface area contributed by atoms with Crippen molar-refractivity contribution in [3.8, 4) is 0 Å². The molecule has 1 aliphatic rings. The van der Waals surface area contributed by atoms with Crippen molar-refractivity contribution < 1.29 is 9.90 Å². The van der Waals surface area contributed by atoms with Crippen LogP contribution in [0.5, 0.6) is 0 Å². The van der Waals surface area contributed by atoms with E-state index in [1.54, 1.807) is 36.4 Å². The maximum atomic E-state index is 12.1. The standard InChI is InChI=1S/C13H11N3O2/c14-11-9(5-3-7-15-11)13(18)8-4-1-2-6-10(8)16-12(13)17/h1-7,18H,(H2,14,15)(H,16,17). The summed E-state index contributed by atoms with van der Waals surface area (Å²) in [5.74, 6) is -0.366. The second-order valence-corrected chi connectivity index (χ2v) is 4.15. The van der Waals surface area contributed by atoms with E-state index in [9.17, 15) is 9.90 Å². The van der Waals surface area contributed by atoms with Crippen molar-refractivity contribution in [2.45, 2.75) is 5.60 Å². The third-order valence-corrected chi connectivity index (χ3v) is 3.12. The van der Waals surface area contributed by atoms with Gasteiger partial charge in [-0.3, -0.25) is 4.79 Å². The van der Waals surface area contributed by atoms with Crippen LogP contribution in [0.3, 0.4) is 0 Å². The molecule has 1 aliphatic heterocycles. The Morgan fingerprint density at radius 1 is 1.17 bits per heavy atom. The fraction of sp³-hybridized carbons (Fsp3) is 0.0769. The van der Waals surface area contributed by atoms with Crippen molar-refractivity contribution in [3.05, 3.63) is 53.7 Å². The molecule has 0 fully saturated rings. The molecule has 0 radical (unpaired) electrons. The molecular weight excluding hydrogens is 230 g/mol. The van der Waals surface area contributed by atoms with Gasteiger partial charge in [-0.25, -0.2) is 4.98 Å². The zero-order valence-electron chi connectivity index (χ0n) is 9.42. The van der Waals surface area contributed by atoms with Gasteiger partial charge in [-0.15, -0.1) is 0 Å². The van der Waals surface area contributed by atoms with Crippen molar-refractivity contribution in [1.29, 1.82) is 0 Å². The summed E-state index contributed by atoms with van der Waals surface area (Å²) in [6.07, 6.45) is 1.51. The lowest BCUT2D eigenvalue weighted by molar-refractivity contribution is -0.129. The van der Waals surface area contributed by atoms with E-state index in [0.29, 0.717) is 16.8 Å². The highest BCUT2D eigenvalue weighted by Crippen LogP contribution is 2.41. The molecule has 1 unspecified atom stereocenters. The number of carbonyl (C=O) groups excluding carboxylic acids is 1. The van der Waals surface area contributed by atoms with Crippen LogP contribution in [0.2, 0.25) is 0 Å². The minimum absolute atomic E-state index is 0.145. The molecular formula is C13H11N3O2. The van der Waals surface area contributed by atoms with Gasteiger partial charge < -0.3 is 16.2 Å². The summed E-state index contributed by atoms with van der Waals surface area (Å²) in [4.78, 5) is 16.0. The molecule has 18 heavy (non-hydrogen) atoms. The lowest BCUT2D eigenvalue weighted by Gasteiger charge is -2.22. The third kappa shape index (κ3) is 1.25. The summed E-state index contributed by atoms with van der Waals surface area (Å²) in [6.45, 7) is 0. The van der Waals surface area contributed by atoms with Crippen molar-refractivity contribution in [2.24, 2.45) is 0 Å². The Balaban J connectivity index is 2.27. The third-order valence-electron chi connectivity index (χ3n) is 3.12. The van der Waals surface area contributed by atoms with Crippen LogP contribution >= 0.6 is 0 Å². The number of rotatable bonds is 1. The summed E-state index contributed by atoms with van der Waals surface area (Å²) < 4.78 is 0. The zero-order chi connectivity index (χ0) is 12.8. The molecule has 90 valence electrons. The van der Waals surface area contributed by atoms with Crippen LogP contribution in [0.15, 0.2) is 42.6 Å². The number of nitrogens with zero attached hydrogens (tertiary/aromatic N) is 1. The Labute approximate surface area is 103 Å².